The summed E-state index contributed by atoms with van der Waals surface area (Å²) in [7, 11) is 3.36. The Bertz CT molecular complexity index is 432. The molecule has 3 N–H and O–H groups in total. The highest BCUT2D eigenvalue weighted by molar-refractivity contribution is 5.85. The van der Waals surface area contributed by atoms with E-state index in [9.17, 15) is 9.18 Å². The lowest BCUT2D eigenvalue weighted by atomic mass is 10.1. The largest absolute Gasteiger partial charge is 0.397 e. The Hall–Kier alpha value is -1.78. The topological polar surface area (TPSA) is 58.4 Å². The lowest BCUT2D eigenvalue weighted by Crippen LogP contribution is -2.36. The standard InChI is InChI=1S/C12H18FN3O/c1-7-5-11(10(14)6-9(7)13)15-8(2)12(17)16(3)4/h5-6,8,15H,14H2,1-4H3. The summed E-state index contributed by atoms with van der Waals surface area (Å²) in [6, 6.07) is 2.45. The van der Waals surface area contributed by atoms with Gasteiger partial charge in [0.05, 0.1) is 11.4 Å². The molecule has 0 aromatic heterocycles. The van der Waals surface area contributed by atoms with E-state index in [-0.39, 0.29) is 11.7 Å². The maximum absolute atomic E-state index is 13.2. The van der Waals surface area contributed by atoms with Crippen LogP contribution in [0.1, 0.15) is 12.5 Å². The van der Waals surface area contributed by atoms with E-state index >= 15 is 0 Å². The molecule has 0 saturated carbocycles. The molecule has 0 bridgehead atoms. The molecule has 1 atom stereocenters. The van der Waals surface area contributed by atoms with E-state index in [0.717, 1.165) is 0 Å². The second-order valence-electron chi connectivity index (χ2n) is 4.29. The van der Waals surface area contributed by atoms with Crippen LogP contribution in [0.2, 0.25) is 0 Å². The van der Waals surface area contributed by atoms with Gasteiger partial charge in [-0.25, -0.2) is 4.39 Å². The van der Waals surface area contributed by atoms with Crippen LogP contribution in [0.25, 0.3) is 0 Å². The van der Waals surface area contributed by atoms with Crippen LogP contribution in [0.5, 0.6) is 0 Å². The Morgan fingerprint density at radius 3 is 2.59 bits per heavy atom. The number of anilines is 2. The monoisotopic (exact) mass is 239 g/mol. The van der Waals surface area contributed by atoms with Gasteiger partial charge in [0.2, 0.25) is 5.91 Å². The van der Waals surface area contributed by atoms with Gasteiger partial charge in [-0.1, -0.05) is 0 Å². The number of nitrogens with two attached hydrogens (primary N) is 1. The van der Waals surface area contributed by atoms with E-state index < -0.39 is 6.04 Å². The predicted molar refractivity (Wildman–Crippen MR) is 67.3 cm³/mol. The molecule has 0 aliphatic heterocycles. The quantitative estimate of drug-likeness (QED) is 0.788. The van der Waals surface area contributed by atoms with Gasteiger partial charge in [-0.3, -0.25) is 4.79 Å². The third-order valence-electron chi connectivity index (χ3n) is 2.51. The molecule has 0 fully saturated rings. The Morgan fingerprint density at radius 2 is 2.06 bits per heavy atom. The molecule has 1 aromatic rings. The van der Waals surface area contributed by atoms with Crippen molar-refractivity contribution in [3.63, 3.8) is 0 Å². The molecule has 0 aliphatic carbocycles. The maximum atomic E-state index is 13.2. The maximum Gasteiger partial charge on any atom is 0.244 e. The van der Waals surface area contributed by atoms with E-state index in [0.29, 0.717) is 16.9 Å². The van der Waals surface area contributed by atoms with Crippen LogP contribution < -0.4 is 11.1 Å². The number of benzene rings is 1. The fraction of sp³-hybridized carbons (Fsp3) is 0.417. The van der Waals surface area contributed by atoms with E-state index in [1.165, 1.54) is 11.0 Å². The highest BCUT2D eigenvalue weighted by Gasteiger charge is 2.16. The zero-order chi connectivity index (χ0) is 13.2. The number of nitrogens with one attached hydrogen (secondary N) is 1. The van der Waals surface area contributed by atoms with E-state index in [1.54, 1.807) is 34.0 Å². The van der Waals surface area contributed by atoms with Crippen LogP contribution in [-0.4, -0.2) is 30.9 Å². The summed E-state index contributed by atoms with van der Waals surface area (Å²) in [6.07, 6.45) is 0. The average Bonchev–Trinajstić information content (AvgIpc) is 2.24. The van der Waals surface area contributed by atoms with Crippen molar-refractivity contribution in [2.75, 3.05) is 25.1 Å². The summed E-state index contributed by atoms with van der Waals surface area (Å²) < 4.78 is 13.2. The molecular formula is C12H18FN3O. The van der Waals surface area contributed by atoms with Crippen LogP contribution in [0.4, 0.5) is 15.8 Å². The number of rotatable bonds is 3. The highest BCUT2D eigenvalue weighted by atomic mass is 19.1. The fourth-order valence-corrected chi connectivity index (χ4v) is 1.50. The predicted octanol–water partition coefficient (Wildman–Crippen LogP) is 1.60. The van der Waals surface area contributed by atoms with Gasteiger partial charge in [-0.2, -0.15) is 0 Å². The average molecular weight is 239 g/mol. The second-order valence-corrected chi connectivity index (χ2v) is 4.29. The summed E-state index contributed by atoms with van der Waals surface area (Å²) in [5.41, 5.74) is 7.05. The Morgan fingerprint density at radius 1 is 1.47 bits per heavy atom. The van der Waals surface area contributed by atoms with Crippen molar-refractivity contribution in [2.24, 2.45) is 0 Å². The first kappa shape index (κ1) is 13.3. The second kappa shape index (κ2) is 5.03. The molecule has 0 spiro atoms. The molecule has 1 rings (SSSR count). The molecule has 1 unspecified atom stereocenters. The number of nitrogens with zero attached hydrogens (tertiary/aromatic N) is 1. The summed E-state index contributed by atoms with van der Waals surface area (Å²) >= 11 is 0. The first-order chi connectivity index (χ1) is 7.82. The molecule has 1 amide bonds. The smallest absolute Gasteiger partial charge is 0.244 e. The molecule has 1 aromatic carbocycles. The summed E-state index contributed by atoms with van der Waals surface area (Å²) in [5, 5.41) is 2.98. The van der Waals surface area contributed by atoms with Gasteiger partial charge in [-0.15, -0.1) is 0 Å². The lowest BCUT2D eigenvalue weighted by Gasteiger charge is -2.20. The van der Waals surface area contributed by atoms with E-state index in [4.69, 9.17) is 5.73 Å². The van der Waals surface area contributed by atoms with Crippen molar-refractivity contribution in [1.29, 1.82) is 0 Å². The number of hydrogen-bond donors (Lipinski definition) is 2. The van der Waals surface area contributed by atoms with Crippen molar-refractivity contribution in [3.8, 4) is 0 Å². The third-order valence-corrected chi connectivity index (χ3v) is 2.51. The van der Waals surface area contributed by atoms with Crippen molar-refractivity contribution in [1.82, 2.24) is 4.90 Å². The molecule has 94 valence electrons. The molecule has 17 heavy (non-hydrogen) atoms. The van der Waals surface area contributed by atoms with Gasteiger partial charge in [0, 0.05) is 14.1 Å². The molecule has 0 aliphatic rings. The number of amides is 1. The molecule has 0 saturated heterocycles. The van der Waals surface area contributed by atoms with Gasteiger partial charge in [-0.05, 0) is 31.5 Å². The number of nitrogen functional groups attached to an aromatic ring is 1. The molecular weight excluding hydrogens is 221 g/mol. The van der Waals surface area contributed by atoms with Gasteiger partial charge in [0.25, 0.3) is 0 Å². The Labute approximate surface area is 101 Å². The Balaban J connectivity index is 2.89. The number of likely N-dealkylation sites (N-methyl/N-ethyl adjacent to an activating group) is 1. The molecule has 0 radical (unpaired) electrons. The van der Waals surface area contributed by atoms with Crippen LogP contribution in [0, 0.1) is 12.7 Å². The fourth-order valence-electron chi connectivity index (χ4n) is 1.50. The van der Waals surface area contributed by atoms with Crippen molar-refractivity contribution in [2.45, 2.75) is 19.9 Å². The highest BCUT2D eigenvalue weighted by Crippen LogP contribution is 2.23. The first-order valence-corrected chi connectivity index (χ1v) is 5.36. The zero-order valence-electron chi connectivity index (χ0n) is 10.5. The summed E-state index contributed by atoms with van der Waals surface area (Å²) in [6.45, 7) is 3.39. The number of carbonyl (C=O) groups excluding carboxylic acids is 1. The number of aryl methyl sites for hydroxylation is 1. The van der Waals surface area contributed by atoms with Gasteiger partial charge >= 0.3 is 0 Å². The summed E-state index contributed by atoms with van der Waals surface area (Å²) in [4.78, 5) is 13.1. The number of halogens is 1. The Kier molecular flexibility index (Phi) is 3.93. The summed E-state index contributed by atoms with van der Waals surface area (Å²) in [5.74, 6) is -0.411. The van der Waals surface area contributed by atoms with E-state index in [2.05, 4.69) is 5.32 Å². The van der Waals surface area contributed by atoms with Crippen molar-refractivity contribution >= 4 is 17.3 Å². The van der Waals surface area contributed by atoms with Gasteiger partial charge in [0.1, 0.15) is 11.9 Å². The number of carbonyl (C=O) groups is 1. The molecule has 4 nitrogen and oxygen atoms in total. The third kappa shape index (κ3) is 3.09. The minimum absolute atomic E-state index is 0.0635. The van der Waals surface area contributed by atoms with E-state index in [1.807, 2.05) is 0 Å². The zero-order valence-corrected chi connectivity index (χ0v) is 10.5. The minimum atomic E-state index is -0.405. The van der Waals surface area contributed by atoms with Crippen molar-refractivity contribution in [3.05, 3.63) is 23.5 Å². The normalized spacial score (nSPS) is 12.1. The molecule has 5 heteroatoms. The van der Waals surface area contributed by atoms with Crippen LogP contribution in [-0.2, 0) is 4.79 Å². The first-order valence-electron chi connectivity index (χ1n) is 5.36. The number of hydrogen-bond acceptors (Lipinski definition) is 3. The van der Waals surface area contributed by atoms with Crippen LogP contribution in [0.15, 0.2) is 12.1 Å². The molecule has 0 heterocycles. The van der Waals surface area contributed by atoms with Crippen LogP contribution in [0.3, 0.4) is 0 Å². The van der Waals surface area contributed by atoms with Gasteiger partial charge in [0.15, 0.2) is 0 Å². The van der Waals surface area contributed by atoms with Crippen molar-refractivity contribution < 1.29 is 9.18 Å². The SMILES string of the molecule is Cc1cc(NC(C)C(=O)N(C)C)c(N)cc1F. The van der Waals surface area contributed by atoms with Crippen LogP contribution >= 0.6 is 0 Å². The van der Waals surface area contributed by atoms with Gasteiger partial charge < -0.3 is 16.0 Å². The minimum Gasteiger partial charge on any atom is -0.397 e. The lowest BCUT2D eigenvalue weighted by molar-refractivity contribution is -0.129.